The van der Waals surface area contributed by atoms with Crippen molar-refractivity contribution in [1.82, 2.24) is 0 Å². The monoisotopic (exact) mass is 406 g/mol. The molecule has 7 heteroatoms. The van der Waals surface area contributed by atoms with E-state index in [1.165, 1.54) is 30.3 Å². The minimum Gasteiger partial charge on any atom is -0.366 e. The average molecular weight is 407 g/mol. The standard InChI is InChI=1S/C18H16BrFN2O3/c19-14-3-6-16(22(24)25)17(11-14)21-9-7-13(8-10-21)18(23)12-1-4-15(20)5-2-12/h1-6,11,13H,7-10H2. The number of piperidine rings is 1. The Labute approximate surface area is 152 Å². The van der Waals surface area contributed by atoms with Crippen molar-refractivity contribution in [3.63, 3.8) is 0 Å². The highest BCUT2D eigenvalue weighted by Gasteiger charge is 2.28. The van der Waals surface area contributed by atoms with Crippen molar-refractivity contribution in [2.45, 2.75) is 12.8 Å². The quantitative estimate of drug-likeness (QED) is 0.422. The summed E-state index contributed by atoms with van der Waals surface area (Å²) in [6.07, 6.45) is 1.22. The summed E-state index contributed by atoms with van der Waals surface area (Å²) in [5.41, 5.74) is 1.13. The first-order valence-electron chi connectivity index (χ1n) is 7.94. The Bertz CT molecular complexity index is 802. The van der Waals surface area contributed by atoms with Gasteiger partial charge in [-0.3, -0.25) is 14.9 Å². The van der Waals surface area contributed by atoms with E-state index < -0.39 is 4.92 Å². The molecule has 0 atom stereocenters. The van der Waals surface area contributed by atoms with Crippen LogP contribution >= 0.6 is 15.9 Å². The lowest BCUT2D eigenvalue weighted by Crippen LogP contribution is -2.36. The molecule has 2 aromatic carbocycles. The Kier molecular flexibility index (Phi) is 5.13. The van der Waals surface area contributed by atoms with Crippen molar-refractivity contribution in [2.24, 2.45) is 5.92 Å². The second-order valence-corrected chi connectivity index (χ2v) is 6.94. The molecule has 0 amide bonds. The Morgan fingerprint density at radius 2 is 1.80 bits per heavy atom. The second-order valence-electron chi connectivity index (χ2n) is 6.02. The number of hydrogen-bond acceptors (Lipinski definition) is 4. The van der Waals surface area contributed by atoms with Crippen molar-refractivity contribution < 1.29 is 14.1 Å². The molecule has 1 fully saturated rings. The minimum atomic E-state index is -0.391. The Balaban J connectivity index is 1.72. The number of nitro groups is 1. The highest BCUT2D eigenvalue weighted by Crippen LogP contribution is 2.34. The van der Waals surface area contributed by atoms with Crippen molar-refractivity contribution in [3.8, 4) is 0 Å². The molecule has 2 aromatic rings. The van der Waals surface area contributed by atoms with Crippen LogP contribution in [-0.2, 0) is 0 Å². The van der Waals surface area contributed by atoms with Gasteiger partial charge >= 0.3 is 0 Å². The molecule has 0 unspecified atom stereocenters. The van der Waals surface area contributed by atoms with Gasteiger partial charge < -0.3 is 4.90 Å². The molecule has 0 bridgehead atoms. The summed E-state index contributed by atoms with van der Waals surface area (Å²) in [6, 6.07) is 10.4. The van der Waals surface area contributed by atoms with E-state index in [0.717, 1.165) is 4.47 Å². The summed E-state index contributed by atoms with van der Waals surface area (Å²) < 4.78 is 13.8. The summed E-state index contributed by atoms with van der Waals surface area (Å²) in [5.74, 6) is -0.510. The highest BCUT2D eigenvalue weighted by atomic mass is 79.9. The third-order valence-corrected chi connectivity index (χ3v) is 4.96. The van der Waals surface area contributed by atoms with E-state index in [9.17, 15) is 19.3 Å². The number of nitro benzene ring substituents is 1. The van der Waals surface area contributed by atoms with Gasteiger partial charge in [0.2, 0.25) is 0 Å². The maximum atomic E-state index is 13.0. The third-order valence-electron chi connectivity index (χ3n) is 4.47. The molecule has 5 nitrogen and oxygen atoms in total. The summed E-state index contributed by atoms with van der Waals surface area (Å²) in [5, 5.41) is 11.2. The van der Waals surface area contributed by atoms with Gasteiger partial charge in [-0.15, -0.1) is 0 Å². The van der Waals surface area contributed by atoms with Gasteiger partial charge in [0.25, 0.3) is 5.69 Å². The highest BCUT2D eigenvalue weighted by molar-refractivity contribution is 9.10. The number of Topliss-reactive ketones (excluding diaryl/α,β-unsaturated/α-hetero) is 1. The molecule has 25 heavy (non-hydrogen) atoms. The predicted molar refractivity (Wildman–Crippen MR) is 96.5 cm³/mol. The van der Waals surface area contributed by atoms with E-state index in [-0.39, 0.29) is 23.2 Å². The second kappa shape index (κ2) is 7.31. The van der Waals surface area contributed by atoms with Gasteiger partial charge in [0.1, 0.15) is 11.5 Å². The molecule has 3 rings (SSSR count). The molecule has 130 valence electrons. The zero-order chi connectivity index (χ0) is 18.0. The van der Waals surface area contributed by atoms with E-state index in [1.54, 1.807) is 12.1 Å². The maximum Gasteiger partial charge on any atom is 0.292 e. The van der Waals surface area contributed by atoms with Gasteiger partial charge in [-0.25, -0.2) is 4.39 Å². The van der Waals surface area contributed by atoms with Crippen molar-refractivity contribution in [2.75, 3.05) is 18.0 Å². The number of rotatable bonds is 4. The lowest BCUT2D eigenvalue weighted by atomic mass is 9.88. The summed E-state index contributed by atoms with van der Waals surface area (Å²) in [7, 11) is 0. The van der Waals surface area contributed by atoms with Crippen LogP contribution < -0.4 is 4.90 Å². The SMILES string of the molecule is O=C(c1ccc(F)cc1)C1CCN(c2cc(Br)ccc2[N+](=O)[O-])CC1. The molecule has 0 radical (unpaired) electrons. The summed E-state index contributed by atoms with van der Waals surface area (Å²) in [6.45, 7) is 1.13. The molecule has 1 aliphatic rings. The van der Waals surface area contributed by atoms with Gasteiger partial charge in [-0.2, -0.15) is 0 Å². The zero-order valence-corrected chi connectivity index (χ0v) is 14.9. The van der Waals surface area contributed by atoms with Gasteiger partial charge in [0.15, 0.2) is 5.78 Å². The fourth-order valence-corrected chi connectivity index (χ4v) is 3.49. The molecule has 1 heterocycles. The topological polar surface area (TPSA) is 63.5 Å². The number of anilines is 1. The number of ketones is 1. The van der Waals surface area contributed by atoms with Crippen LogP contribution in [0.1, 0.15) is 23.2 Å². The molecule has 0 aromatic heterocycles. The Hall–Kier alpha value is -2.28. The van der Waals surface area contributed by atoms with Gasteiger partial charge in [0, 0.05) is 35.1 Å². The van der Waals surface area contributed by atoms with Crippen molar-refractivity contribution >= 4 is 33.1 Å². The van der Waals surface area contributed by atoms with Crippen LogP contribution in [0.15, 0.2) is 46.9 Å². The lowest BCUT2D eigenvalue weighted by molar-refractivity contribution is -0.384. The smallest absolute Gasteiger partial charge is 0.292 e. The summed E-state index contributed by atoms with van der Waals surface area (Å²) in [4.78, 5) is 25.3. The van der Waals surface area contributed by atoms with E-state index in [0.29, 0.717) is 37.2 Å². The first-order valence-corrected chi connectivity index (χ1v) is 8.73. The predicted octanol–water partition coefficient (Wildman–Crippen LogP) is 4.60. The van der Waals surface area contributed by atoms with Crippen LogP contribution in [0, 0.1) is 21.8 Å². The lowest BCUT2D eigenvalue weighted by Gasteiger charge is -2.32. The average Bonchev–Trinajstić information content (AvgIpc) is 2.61. The fraction of sp³-hybridized carbons (Fsp3) is 0.278. The largest absolute Gasteiger partial charge is 0.366 e. The van der Waals surface area contributed by atoms with Crippen LogP contribution in [0.25, 0.3) is 0 Å². The summed E-state index contributed by atoms with van der Waals surface area (Å²) >= 11 is 3.35. The van der Waals surface area contributed by atoms with E-state index in [2.05, 4.69) is 15.9 Å². The first kappa shape index (κ1) is 17.5. The van der Waals surface area contributed by atoms with E-state index in [1.807, 2.05) is 4.90 Å². The number of benzene rings is 2. The fourth-order valence-electron chi connectivity index (χ4n) is 3.14. The Morgan fingerprint density at radius 3 is 2.40 bits per heavy atom. The van der Waals surface area contributed by atoms with Gasteiger partial charge in [-0.05, 0) is 49.2 Å². The molecule has 0 N–H and O–H groups in total. The van der Waals surface area contributed by atoms with E-state index >= 15 is 0 Å². The molecule has 0 saturated carbocycles. The van der Waals surface area contributed by atoms with E-state index in [4.69, 9.17) is 0 Å². The number of hydrogen-bond donors (Lipinski definition) is 0. The molecule has 1 saturated heterocycles. The Morgan fingerprint density at radius 1 is 1.16 bits per heavy atom. The number of carbonyl (C=O) groups excluding carboxylic acids is 1. The van der Waals surface area contributed by atoms with Crippen LogP contribution in [0.4, 0.5) is 15.8 Å². The maximum absolute atomic E-state index is 13.0. The molecule has 1 aliphatic heterocycles. The first-order chi connectivity index (χ1) is 12.0. The zero-order valence-electron chi connectivity index (χ0n) is 13.3. The third kappa shape index (κ3) is 3.87. The minimum absolute atomic E-state index is 0.00314. The van der Waals surface area contributed by atoms with Gasteiger partial charge in [0.05, 0.1) is 4.92 Å². The van der Waals surface area contributed by atoms with Crippen molar-refractivity contribution in [3.05, 3.63) is 68.4 Å². The molecular formula is C18H16BrFN2O3. The van der Waals surface area contributed by atoms with Crippen LogP contribution in [0.2, 0.25) is 0 Å². The number of carbonyl (C=O) groups is 1. The van der Waals surface area contributed by atoms with Crippen LogP contribution in [0.3, 0.4) is 0 Å². The normalized spacial score (nSPS) is 15.2. The number of nitrogens with zero attached hydrogens (tertiary/aromatic N) is 2. The molecule has 0 aliphatic carbocycles. The molecule has 0 spiro atoms. The van der Waals surface area contributed by atoms with Crippen LogP contribution in [0.5, 0.6) is 0 Å². The van der Waals surface area contributed by atoms with Crippen LogP contribution in [-0.4, -0.2) is 23.8 Å². The molecular weight excluding hydrogens is 391 g/mol. The number of halogens is 2. The van der Waals surface area contributed by atoms with Gasteiger partial charge in [-0.1, -0.05) is 15.9 Å². The van der Waals surface area contributed by atoms with Crippen molar-refractivity contribution in [1.29, 1.82) is 0 Å².